The van der Waals surface area contributed by atoms with Crippen LogP contribution in [0.2, 0.25) is 0 Å². The lowest BCUT2D eigenvalue weighted by Crippen LogP contribution is -1.88. The summed E-state index contributed by atoms with van der Waals surface area (Å²) >= 11 is 10.7. The van der Waals surface area contributed by atoms with Crippen LogP contribution in [0.1, 0.15) is 51.4 Å². The van der Waals surface area contributed by atoms with Gasteiger partial charge < -0.3 is 0 Å². The number of hydrogen-bond acceptors (Lipinski definition) is 0. The van der Waals surface area contributed by atoms with Crippen molar-refractivity contribution < 1.29 is 4.39 Å². The van der Waals surface area contributed by atoms with E-state index in [-0.39, 0.29) is 0 Å². The van der Waals surface area contributed by atoms with Gasteiger partial charge in [-0.1, -0.05) is 43.7 Å². The quantitative estimate of drug-likeness (QED) is 0.390. The maximum absolute atomic E-state index is 12.1. The van der Waals surface area contributed by atoms with Gasteiger partial charge in [0.1, 0.15) is 0 Å². The van der Waals surface area contributed by atoms with Gasteiger partial charge in [-0.05, 0) is 19.3 Å². The Labute approximate surface area is 90.8 Å². The summed E-state index contributed by atoms with van der Waals surface area (Å²) in [7, 11) is 0. The molecule has 0 aliphatic rings. The minimum atomic E-state index is -1.14. The molecule has 0 saturated carbocycles. The van der Waals surface area contributed by atoms with Crippen molar-refractivity contribution in [2.45, 2.75) is 57.0 Å². The van der Waals surface area contributed by atoms with Crippen molar-refractivity contribution in [2.24, 2.45) is 0 Å². The predicted octanol–water partition coefficient (Wildman–Crippen LogP) is 4.88. The molecule has 0 nitrogen and oxygen atoms in total. The SMILES string of the molecule is FC(Cl)CCCCCCCCCCl. The number of halogens is 3. The van der Waals surface area contributed by atoms with E-state index >= 15 is 0 Å². The van der Waals surface area contributed by atoms with Gasteiger partial charge in [-0.15, -0.1) is 11.6 Å². The van der Waals surface area contributed by atoms with E-state index in [1.54, 1.807) is 0 Å². The highest BCUT2D eigenvalue weighted by Gasteiger charge is 1.98. The average Bonchev–Trinajstić information content (AvgIpc) is 2.09. The van der Waals surface area contributed by atoms with Crippen LogP contribution in [0.15, 0.2) is 0 Å². The van der Waals surface area contributed by atoms with Gasteiger partial charge in [0.15, 0.2) is 5.63 Å². The Morgan fingerprint density at radius 1 is 0.846 bits per heavy atom. The van der Waals surface area contributed by atoms with E-state index in [1.807, 2.05) is 0 Å². The topological polar surface area (TPSA) is 0 Å². The first-order chi connectivity index (χ1) is 6.27. The van der Waals surface area contributed by atoms with Crippen LogP contribution in [-0.2, 0) is 0 Å². The number of rotatable bonds is 9. The zero-order valence-electron chi connectivity index (χ0n) is 8.08. The molecule has 0 fully saturated rings. The molecule has 0 aromatic rings. The van der Waals surface area contributed by atoms with E-state index in [2.05, 4.69) is 0 Å². The lowest BCUT2D eigenvalue weighted by molar-refractivity contribution is 0.403. The first kappa shape index (κ1) is 13.5. The van der Waals surface area contributed by atoms with Crippen molar-refractivity contribution in [2.75, 3.05) is 5.88 Å². The highest BCUT2D eigenvalue weighted by molar-refractivity contribution is 6.19. The summed E-state index contributed by atoms with van der Waals surface area (Å²) in [6, 6.07) is 0. The second-order valence-electron chi connectivity index (χ2n) is 3.34. The minimum absolute atomic E-state index is 0.503. The Kier molecular flexibility index (Phi) is 11.0. The second-order valence-corrected chi connectivity index (χ2v) is 4.20. The summed E-state index contributed by atoms with van der Waals surface area (Å²) in [5.74, 6) is 0.774. The standard InChI is InChI=1S/C10H19Cl2F/c11-9-7-5-3-1-2-4-6-8-10(12)13/h10H,1-9H2. The second kappa shape index (κ2) is 10.6. The van der Waals surface area contributed by atoms with Gasteiger partial charge in [0.2, 0.25) is 0 Å². The zero-order valence-corrected chi connectivity index (χ0v) is 9.59. The first-order valence-corrected chi connectivity index (χ1v) is 6.08. The van der Waals surface area contributed by atoms with Crippen molar-refractivity contribution in [1.29, 1.82) is 0 Å². The summed E-state index contributed by atoms with van der Waals surface area (Å²) < 4.78 is 12.1. The Morgan fingerprint density at radius 3 is 1.77 bits per heavy atom. The molecule has 13 heavy (non-hydrogen) atoms. The van der Waals surface area contributed by atoms with Crippen LogP contribution in [0.25, 0.3) is 0 Å². The zero-order chi connectivity index (χ0) is 9.94. The van der Waals surface area contributed by atoms with E-state index in [9.17, 15) is 4.39 Å². The van der Waals surface area contributed by atoms with Gasteiger partial charge in [-0.2, -0.15) is 0 Å². The molecule has 0 spiro atoms. The van der Waals surface area contributed by atoms with E-state index in [0.717, 1.165) is 25.1 Å². The van der Waals surface area contributed by atoms with Crippen LogP contribution >= 0.6 is 23.2 Å². The molecule has 0 aromatic carbocycles. The smallest absolute Gasteiger partial charge is 0.173 e. The molecule has 0 aliphatic heterocycles. The predicted molar refractivity (Wildman–Crippen MR) is 58.4 cm³/mol. The third-order valence-corrected chi connectivity index (χ3v) is 2.54. The molecule has 0 heterocycles. The molecule has 0 radical (unpaired) electrons. The summed E-state index contributed by atoms with van der Waals surface area (Å²) in [4.78, 5) is 0. The van der Waals surface area contributed by atoms with Crippen molar-refractivity contribution >= 4 is 23.2 Å². The van der Waals surface area contributed by atoms with Gasteiger partial charge in [-0.25, -0.2) is 4.39 Å². The van der Waals surface area contributed by atoms with Crippen LogP contribution < -0.4 is 0 Å². The van der Waals surface area contributed by atoms with E-state index < -0.39 is 5.63 Å². The molecular weight excluding hydrogens is 210 g/mol. The molecule has 0 N–H and O–H groups in total. The maximum atomic E-state index is 12.1. The van der Waals surface area contributed by atoms with Gasteiger partial charge in [0.25, 0.3) is 0 Å². The molecule has 0 aromatic heterocycles. The van der Waals surface area contributed by atoms with Crippen molar-refractivity contribution in [3.63, 3.8) is 0 Å². The third kappa shape index (κ3) is 12.5. The number of unbranched alkanes of at least 4 members (excludes halogenated alkanes) is 6. The van der Waals surface area contributed by atoms with Crippen LogP contribution in [0.4, 0.5) is 4.39 Å². The summed E-state index contributed by atoms with van der Waals surface area (Å²) in [6.07, 6.45) is 8.58. The summed E-state index contributed by atoms with van der Waals surface area (Å²) in [6.45, 7) is 0. The van der Waals surface area contributed by atoms with Crippen LogP contribution in [0.3, 0.4) is 0 Å². The van der Waals surface area contributed by atoms with Crippen molar-refractivity contribution in [3.05, 3.63) is 0 Å². The molecule has 0 aliphatic carbocycles. The molecule has 3 heteroatoms. The highest BCUT2D eigenvalue weighted by Crippen LogP contribution is 2.12. The fraction of sp³-hybridized carbons (Fsp3) is 1.00. The lowest BCUT2D eigenvalue weighted by Gasteiger charge is -2.01. The minimum Gasteiger partial charge on any atom is -0.230 e. The summed E-state index contributed by atoms with van der Waals surface area (Å²) in [5.41, 5.74) is -1.14. The van der Waals surface area contributed by atoms with E-state index in [0.29, 0.717) is 6.42 Å². The molecule has 1 unspecified atom stereocenters. The molecule has 80 valence electrons. The molecular formula is C10H19Cl2F. The van der Waals surface area contributed by atoms with Crippen LogP contribution in [0.5, 0.6) is 0 Å². The molecule has 0 bridgehead atoms. The largest absolute Gasteiger partial charge is 0.230 e. The van der Waals surface area contributed by atoms with Gasteiger partial charge in [0, 0.05) is 5.88 Å². The monoisotopic (exact) mass is 228 g/mol. The van der Waals surface area contributed by atoms with Crippen molar-refractivity contribution in [1.82, 2.24) is 0 Å². The van der Waals surface area contributed by atoms with Crippen LogP contribution in [0, 0.1) is 0 Å². The summed E-state index contributed by atoms with van der Waals surface area (Å²) in [5, 5.41) is 0. The molecule has 0 saturated heterocycles. The molecule has 0 rings (SSSR count). The van der Waals surface area contributed by atoms with Crippen LogP contribution in [-0.4, -0.2) is 11.5 Å². The number of hydrogen-bond donors (Lipinski definition) is 0. The Bertz CT molecular complexity index is 96.9. The van der Waals surface area contributed by atoms with Crippen molar-refractivity contribution in [3.8, 4) is 0 Å². The average molecular weight is 229 g/mol. The van der Waals surface area contributed by atoms with E-state index in [1.165, 1.54) is 25.7 Å². The van der Waals surface area contributed by atoms with Gasteiger partial charge >= 0.3 is 0 Å². The molecule has 1 atom stereocenters. The normalized spacial score (nSPS) is 13.2. The Hall–Kier alpha value is 0.510. The number of alkyl halides is 3. The molecule has 0 amide bonds. The fourth-order valence-corrected chi connectivity index (χ4v) is 1.62. The highest BCUT2D eigenvalue weighted by atomic mass is 35.5. The Morgan fingerprint density at radius 2 is 1.31 bits per heavy atom. The lowest BCUT2D eigenvalue weighted by atomic mass is 10.1. The van der Waals surface area contributed by atoms with Gasteiger partial charge in [-0.3, -0.25) is 0 Å². The van der Waals surface area contributed by atoms with Gasteiger partial charge in [0.05, 0.1) is 0 Å². The third-order valence-electron chi connectivity index (χ3n) is 2.06. The fourth-order valence-electron chi connectivity index (χ4n) is 1.28. The van der Waals surface area contributed by atoms with E-state index in [4.69, 9.17) is 23.2 Å². The first-order valence-electron chi connectivity index (χ1n) is 5.11. The maximum Gasteiger partial charge on any atom is 0.173 e. The Balaban J connectivity index is 2.84.